The molecule has 7 atom stereocenters. The summed E-state index contributed by atoms with van der Waals surface area (Å²) in [6.07, 6.45) is 2.30. The van der Waals surface area contributed by atoms with Crippen molar-refractivity contribution < 1.29 is 33.8 Å². The molecule has 3 aliphatic rings. The molecule has 0 aliphatic carbocycles. The van der Waals surface area contributed by atoms with Gasteiger partial charge in [-0.1, -0.05) is 50.3 Å². The van der Waals surface area contributed by atoms with E-state index in [1.54, 1.807) is 26.8 Å². The molecule has 1 aromatic rings. The number of rotatable bonds is 9. The van der Waals surface area contributed by atoms with Crippen molar-refractivity contribution in [3.05, 3.63) is 48.6 Å². The second-order valence-electron chi connectivity index (χ2n) is 13.8. The predicted molar refractivity (Wildman–Crippen MR) is 188 cm³/mol. The Morgan fingerprint density at radius 1 is 0.980 bits per heavy atom. The number of benzene rings is 1. The molecule has 7 unspecified atom stereocenters. The maximum absolute atomic E-state index is 13.9. The molecule has 1 fully saturated rings. The summed E-state index contributed by atoms with van der Waals surface area (Å²) < 4.78 is 6.12. The lowest BCUT2D eigenvalue weighted by atomic mass is 10.0. The van der Waals surface area contributed by atoms with Gasteiger partial charge < -0.3 is 36.0 Å². The summed E-state index contributed by atoms with van der Waals surface area (Å²) in [5.41, 5.74) is 0.0991. The Morgan fingerprint density at radius 2 is 1.65 bits per heavy atom. The van der Waals surface area contributed by atoms with Crippen molar-refractivity contribution in [1.29, 1.82) is 0 Å². The van der Waals surface area contributed by atoms with Crippen LogP contribution in [0.5, 0.6) is 0 Å². The first-order valence-electron chi connectivity index (χ1n) is 16.9. The number of ether oxygens (including phenoxy) is 1. The molecule has 14 heteroatoms. The van der Waals surface area contributed by atoms with Crippen molar-refractivity contribution >= 4 is 46.3 Å². The number of nitrogens with zero attached hydrogens (tertiary/aromatic N) is 2. The average Bonchev–Trinajstić information content (AvgIpc) is 3.76. The second-order valence-corrected chi connectivity index (χ2v) is 14.8. The minimum atomic E-state index is -1.34. The topological polar surface area (TPSA) is 179 Å². The number of thioether (sulfide) groups is 1. The summed E-state index contributed by atoms with van der Waals surface area (Å²) in [4.78, 5) is 75.1. The van der Waals surface area contributed by atoms with E-state index in [0.29, 0.717) is 24.3 Å². The van der Waals surface area contributed by atoms with Crippen LogP contribution in [-0.4, -0.2) is 111 Å². The van der Waals surface area contributed by atoms with E-state index in [-0.39, 0.29) is 30.5 Å². The molecule has 4 rings (SSSR count). The van der Waals surface area contributed by atoms with E-state index in [2.05, 4.69) is 27.8 Å². The average molecular weight is 699 g/mol. The maximum Gasteiger partial charge on any atom is 0.248 e. The molecule has 49 heavy (non-hydrogen) atoms. The van der Waals surface area contributed by atoms with E-state index in [4.69, 9.17) is 9.73 Å². The van der Waals surface area contributed by atoms with Crippen LogP contribution in [0.25, 0.3) is 0 Å². The standard InChI is InChI=1S/C35H50N6O7S/c1-7-35(5,6)48-21(4)28-32(46)36-23(16-20(2)3)29(43)38-25(18-42)34(47)41-15-11-14-27(41)31(45)37-24(17-22-12-9-8-10-13-22)33-39-26(19-49-33)30(44)40-28/h7-10,12-13,20-21,23-28,42H,1,11,14-19H2,2-6H3,(H,36,46)(H,37,45)(H,38,43)(H,40,44). The number of carbonyl (C=O) groups is 5. The lowest BCUT2D eigenvalue weighted by Crippen LogP contribution is -2.61. The first-order valence-corrected chi connectivity index (χ1v) is 17.9. The van der Waals surface area contributed by atoms with Crippen LogP contribution in [0.4, 0.5) is 0 Å². The molecule has 0 aromatic heterocycles. The third-order valence-corrected chi connectivity index (χ3v) is 10.0. The highest BCUT2D eigenvalue weighted by atomic mass is 32.2. The number of aliphatic hydroxyl groups excluding tert-OH is 1. The fourth-order valence-corrected chi connectivity index (χ4v) is 7.30. The maximum atomic E-state index is 13.9. The molecular weight excluding hydrogens is 648 g/mol. The van der Waals surface area contributed by atoms with Gasteiger partial charge in [-0.15, -0.1) is 18.3 Å². The third kappa shape index (κ3) is 9.92. The van der Waals surface area contributed by atoms with E-state index in [9.17, 15) is 29.1 Å². The number of hydrogen-bond donors (Lipinski definition) is 5. The molecule has 5 amide bonds. The second kappa shape index (κ2) is 16.8. The van der Waals surface area contributed by atoms with Gasteiger partial charge in [0.1, 0.15) is 30.2 Å². The van der Waals surface area contributed by atoms with Crippen LogP contribution in [0, 0.1) is 5.92 Å². The fraction of sp³-hybridized carbons (Fsp3) is 0.600. The van der Waals surface area contributed by atoms with Crippen LogP contribution in [0.15, 0.2) is 48.0 Å². The highest BCUT2D eigenvalue weighted by molar-refractivity contribution is 8.14. The number of aliphatic hydroxyl groups is 1. The molecule has 0 saturated carbocycles. The van der Waals surface area contributed by atoms with E-state index in [1.807, 2.05) is 44.2 Å². The Kier molecular flexibility index (Phi) is 13.0. The minimum Gasteiger partial charge on any atom is -0.394 e. The Bertz CT molecular complexity index is 1420. The smallest absolute Gasteiger partial charge is 0.248 e. The number of amides is 5. The van der Waals surface area contributed by atoms with Crippen LogP contribution in [-0.2, 0) is 35.1 Å². The van der Waals surface area contributed by atoms with Crippen molar-refractivity contribution in [3.63, 3.8) is 0 Å². The summed E-state index contributed by atoms with van der Waals surface area (Å²) in [6, 6.07) is 3.62. The van der Waals surface area contributed by atoms with Gasteiger partial charge in [-0.25, -0.2) is 0 Å². The molecule has 3 heterocycles. The highest BCUT2D eigenvalue weighted by Crippen LogP contribution is 2.25. The van der Waals surface area contributed by atoms with Gasteiger partial charge in [0.15, 0.2) is 0 Å². The van der Waals surface area contributed by atoms with E-state index in [0.717, 1.165) is 5.56 Å². The van der Waals surface area contributed by atoms with Crippen molar-refractivity contribution in [1.82, 2.24) is 26.2 Å². The van der Waals surface area contributed by atoms with Crippen LogP contribution in [0.2, 0.25) is 0 Å². The first kappa shape index (κ1) is 38.1. The molecule has 3 aliphatic heterocycles. The van der Waals surface area contributed by atoms with Crippen molar-refractivity contribution in [2.75, 3.05) is 18.9 Å². The molecule has 0 spiro atoms. The van der Waals surface area contributed by atoms with E-state index >= 15 is 0 Å². The zero-order chi connectivity index (χ0) is 35.9. The van der Waals surface area contributed by atoms with Crippen LogP contribution < -0.4 is 21.3 Å². The van der Waals surface area contributed by atoms with Gasteiger partial charge in [-0.2, -0.15) is 0 Å². The van der Waals surface area contributed by atoms with Crippen LogP contribution >= 0.6 is 11.8 Å². The van der Waals surface area contributed by atoms with Gasteiger partial charge in [0.25, 0.3) is 0 Å². The summed E-state index contributed by atoms with van der Waals surface area (Å²) in [6.45, 7) is 12.3. The number of aliphatic imine (C=N–C) groups is 1. The summed E-state index contributed by atoms with van der Waals surface area (Å²) in [5.74, 6) is -2.56. The van der Waals surface area contributed by atoms with E-state index in [1.165, 1.54) is 16.7 Å². The highest BCUT2D eigenvalue weighted by Gasteiger charge is 2.41. The minimum absolute atomic E-state index is 0.0441. The molecule has 1 saturated heterocycles. The summed E-state index contributed by atoms with van der Waals surface area (Å²) >= 11 is 1.35. The summed E-state index contributed by atoms with van der Waals surface area (Å²) in [5, 5.41) is 22.1. The first-order chi connectivity index (χ1) is 23.2. The Labute approximate surface area is 292 Å². The number of carbonyl (C=O) groups excluding carboxylic acids is 5. The number of hydrogen-bond acceptors (Lipinski definition) is 9. The Hall–Kier alpha value is -3.75. The molecule has 1 aromatic carbocycles. The molecule has 5 N–H and O–H groups in total. The largest absolute Gasteiger partial charge is 0.394 e. The van der Waals surface area contributed by atoms with Crippen molar-refractivity contribution in [2.24, 2.45) is 10.9 Å². The van der Waals surface area contributed by atoms with Crippen LogP contribution in [0.3, 0.4) is 0 Å². The monoisotopic (exact) mass is 698 g/mol. The van der Waals surface area contributed by atoms with Crippen LogP contribution in [0.1, 0.15) is 59.4 Å². The van der Waals surface area contributed by atoms with Gasteiger partial charge in [0.2, 0.25) is 29.5 Å². The quantitative estimate of drug-likeness (QED) is 0.238. The normalized spacial score (nSPS) is 28.0. The predicted octanol–water partition coefficient (Wildman–Crippen LogP) is 1.09. The zero-order valence-electron chi connectivity index (χ0n) is 28.9. The Balaban J connectivity index is 1.74. The third-order valence-electron chi connectivity index (χ3n) is 8.88. The van der Waals surface area contributed by atoms with Gasteiger partial charge in [-0.05, 0) is 57.9 Å². The van der Waals surface area contributed by atoms with Crippen molar-refractivity contribution in [2.45, 2.75) is 108 Å². The van der Waals surface area contributed by atoms with Gasteiger partial charge in [0, 0.05) is 12.3 Å². The molecule has 268 valence electrons. The van der Waals surface area contributed by atoms with Gasteiger partial charge in [0.05, 0.1) is 29.4 Å². The number of nitrogens with one attached hydrogen (secondary N) is 4. The lowest BCUT2D eigenvalue weighted by Gasteiger charge is -2.33. The van der Waals surface area contributed by atoms with Gasteiger partial charge >= 0.3 is 0 Å². The number of fused-ring (bicyclic) bond motifs is 2. The molecule has 13 nitrogen and oxygen atoms in total. The Morgan fingerprint density at radius 3 is 2.31 bits per heavy atom. The lowest BCUT2D eigenvalue weighted by molar-refractivity contribution is -0.143. The molecular formula is C35H50N6O7S. The zero-order valence-corrected chi connectivity index (χ0v) is 29.8. The molecule has 2 bridgehead atoms. The summed E-state index contributed by atoms with van der Waals surface area (Å²) in [7, 11) is 0. The van der Waals surface area contributed by atoms with Crippen molar-refractivity contribution in [3.8, 4) is 0 Å². The SMILES string of the molecule is C=CC(C)(C)OC(C)C1NC(=O)C2CSC(=N2)C(Cc2ccccc2)NC(=O)C2CCCN2C(=O)C(CO)NC(=O)C(CC(C)C)NC1=O. The molecule has 0 radical (unpaired) electrons. The fourth-order valence-electron chi connectivity index (χ4n) is 6.20. The van der Waals surface area contributed by atoms with Gasteiger partial charge in [-0.3, -0.25) is 29.0 Å². The van der Waals surface area contributed by atoms with E-state index < -0.39 is 78.2 Å².